The summed E-state index contributed by atoms with van der Waals surface area (Å²) in [4.78, 5) is 2.39. The molecule has 0 bridgehead atoms. The van der Waals surface area contributed by atoms with Gasteiger partial charge in [-0.15, -0.1) is 0 Å². The quantitative estimate of drug-likeness (QED) is 0.150. The van der Waals surface area contributed by atoms with Crippen LogP contribution in [0.3, 0.4) is 0 Å². The molecule has 0 unspecified atom stereocenters. The summed E-state index contributed by atoms with van der Waals surface area (Å²) in [6.45, 7) is 0. The van der Waals surface area contributed by atoms with Gasteiger partial charge in [-0.3, -0.25) is 0 Å². The highest BCUT2D eigenvalue weighted by molar-refractivity contribution is 6.10. The van der Waals surface area contributed by atoms with Gasteiger partial charge in [0.15, 0.2) is 0 Å². The van der Waals surface area contributed by atoms with E-state index < -0.39 is 0 Å². The van der Waals surface area contributed by atoms with Crippen LogP contribution in [0.1, 0.15) is 0 Å². The molecule has 282 valence electrons. The lowest BCUT2D eigenvalue weighted by Crippen LogP contribution is -2.10. The molecular formula is C58H40N2. The molecule has 0 atom stereocenters. The molecule has 10 aromatic carbocycles. The van der Waals surface area contributed by atoms with Crippen molar-refractivity contribution < 1.29 is 0 Å². The minimum absolute atomic E-state index is 1.09. The van der Waals surface area contributed by atoms with E-state index in [0.717, 1.165) is 22.7 Å². The summed E-state index contributed by atoms with van der Waals surface area (Å²) < 4.78 is 2.43. The van der Waals surface area contributed by atoms with Crippen molar-refractivity contribution in [3.63, 3.8) is 0 Å². The first-order valence-electron chi connectivity index (χ1n) is 20.6. The van der Waals surface area contributed by atoms with Crippen molar-refractivity contribution in [2.75, 3.05) is 4.90 Å². The second kappa shape index (κ2) is 15.1. The largest absolute Gasteiger partial charge is 0.310 e. The van der Waals surface area contributed by atoms with E-state index in [1.807, 2.05) is 0 Å². The molecule has 2 nitrogen and oxygen atoms in total. The molecule has 0 fully saturated rings. The van der Waals surface area contributed by atoms with Crippen molar-refractivity contribution in [3.8, 4) is 50.2 Å². The van der Waals surface area contributed by atoms with Crippen molar-refractivity contribution >= 4 is 49.6 Å². The molecule has 0 saturated carbocycles. The van der Waals surface area contributed by atoms with Gasteiger partial charge in [-0.1, -0.05) is 188 Å². The van der Waals surface area contributed by atoms with Crippen molar-refractivity contribution in [3.05, 3.63) is 243 Å². The van der Waals surface area contributed by atoms with Crippen molar-refractivity contribution in [1.29, 1.82) is 0 Å². The fourth-order valence-corrected chi connectivity index (χ4v) is 8.89. The molecule has 0 saturated heterocycles. The Morgan fingerprint density at radius 3 is 1.40 bits per heavy atom. The van der Waals surface area contributed by atoms with E-state index in [0.29, 0.717) is 0 Å². The second-order valence-corrected chi connectivity index (χ2v) is 15.3. The smallest absolute Gasteiger partial charge is 0.0541 e. The molecule has 1 aromatic heterocycles. The SMILES string of the molecule is c1ccc(-c2ccc(-c3ccc(N(c4ccc(-c5ccccc5-n5c6ccccc6c6ccccc65)c(-c5ccccc5)c4)c4ccc5ccccc5c4)cc3)cc2)cc1. The summed E-state index contributed by atoms with van der Waals surface area (Å²) in [6.07, 6.45) is 0. The van der Waals surface area contributed by atoms with Crippen LogP contribution in [0.2, 0.25) is 0 Å². The van der Waals surface area contributed by atoms with Crippen molar-refractivity contribution in [1.82, 2.24) is 4.57 Å². The summed E-state index contributed by atoms with van der Waals surface area (Å²) in [5, 5.41) is 4.93. The maximum absolute atomic E-state index is 2.43. The Bertz CT molecular complexity index is 3240. The first-order valence-corrected chi connectivity index (χ1v) is 20.6. The third-order valence-corrected chi connectivity index (χ3v) is 11.8. The van der Waals surface area contributed by atoms with E-state index in [9.17, 15) is 0 Å². The molecule has 60 heavy (non-hydrogen) atoms. The van der Waals surface area contributed by atoms with Gasteiger partial charge in [-0.2, -0.15) is 0 Å². The van der Waals surface area contributed by atoms with Gasteiger partial charge in [0, 0.05) is 33.4 Å². The number of anilines is 3. The lowest BCUT2D eigenvalue weighted by molar-refractivity contribution is 1.18. The van der Waals surface area contributed by atoms with Gasteiger partial charge >= 0.3 is 0 Å². The summed E-state index contributed by atoms with van der Waals surface area (Å²) in [5.41, 5.74) is 16.3. The average molecular weight is 765 g/mol. The highest BCUT2D eigenvalue weighted by Crippen LogP contribution is 2.44. The standard InChI is InChI=1S/C58H40N2/c1-3-15-41(16-4-1)43-27-29-44(30-28-43)45-31-34-48(35-32-45)59(49-36-33-42-17-7-8-20-47(42)39-49)50-37-38-51(55(40-50)46-18-5-2-6-19-46)52-21-9-12-24-56(52)60-57-25-13-10-22-53(57)54-23-11-14-26-58(54)60/h1-40H. The van der Waals surface area contributed by atoms with Crippen LogP contribution in [-0.2, 0) is 0 Å². The number of rotatable bonds is 8. The summed E-state index contributed by atoms with van der Waals surface area (Å²) in [6, 6.07) is 87.9. The third-order valence-electron chi connectivity index (χ3n) is 11.8. The maximum atomic E-state index is 2.43. The fraction of sp³-hybridized carbons (Fsp3) is 0. The molecular weight excluding hydrogens is 725 g/mol. The fourth-order valence-electron chi connectivity index (χ4n) is 8.89. The second-order valence-electron chi connectivity index (χ2n) is 15.3. The van der Waals surface area contributed by atoms with Crippen LogP contribution in [0.15, 0.2) is 243 Å². The monoisotopic (exact) mass is 764 g/mol. The number of para-hydroxylation sites is 3. The number of fused-ring (bicyclic) bond motifs is 4. The molecule has 1 heterocycles. The Morgan fingerprint density at radius 1 is 0.267 bits per heavy atom. The van der Waals surface area contributed by atoms with E-state index in [1.54, 1.807) is 0 Å². The van der Waals surface area contributed by atoms with E-state index in [-0.39, 0.29) is 0 Å². The molecule has 11 aromatic rings. The van der Waals surface area contributed by atoms with E-state index >= 15 is 0 Å². The topological polar surface area (TPSA) is 8.17 Å². The number of hydrogen-bond acceptors (Lipinski definition) is 1. The lowest BCUT2D eigenvalue weighted by Gasteiger charge is -2.27. The van der Waals surface area contributed by atoms with Crippen LogP contribution >= 0.6 is 0 Å². The normalized spacial score (nSPS) is 11.3. The van der Waals surface area contributed by atoms with Gasteiger partial charge in [-0.25, -0.2) is 0 Å². The van der Waals surface area contributed by atoms with Gasteiger partial charge in [0.25, 0.3) is 0 Å². The molecule has 11 rings (SSSR count). The average Bonchev–Trinajstić information content (AvgIpc) is 3.67. The van der Waals surface area contributed by atoms with Crippen LogP contribution in [-0.4, -0.2) is 4.57 Å². The molecule has 0 spiro atoms. The van der Waals surface area contributed by atoms with Gasteiger partial charge in [0.05, 0.1) is 16.7 Å². The number of aromatic nitrogens is 1. The zero-order valence-corrected chi connectivity index (χ0v) is 33.0. The molecule has 0 aliphatic carbocycles. The summed E-state index contributed by atoms with van der Waals surface area (Å²) >= 11 is 0. The number of hydrogen-bond donors (Lipinski definition) is 0. The van der Waals surface area contributed by atoms with E-state index in [2.05, 4.69) is 252 Å². The predicted octanol–water partition coefficient (Wildman–Crippen LogP) is 16.1. The van der Waals surface area contributed by atoms with Crippen LogP contribution in [0.4, 0.5) is 17.1 Å². The Morgan fingerprint density at radius 2 is 0.733 bits per heavy atom. The maximum Gasteiger partial charge on any atom is 0.0541 e. The Hall–Kier alpha value is -7.94. The molecule has 0 aliphatic heterocycles. The zero-order valence-electron chi connectivity index (χ0n) is 33.0. The molecule has 0 radical (unpaired) electrons. The van der Waals surface area contributed by atoms with Gasteiger partial charge in [-0.05, 0) is 104 Å². The highest BCUT2D eigenvalue weighted by atomic mass is 15.1. The molecule has 0 aliphatic rings. The molecule has 0 N–H and O–H groups in total. The van der Waals surface area contributed by atoms with E-state index in [1.165, 1.54) is 77.1 Å². The first-order chi connectivity index (χ1) is 29.8. The van der Waals surface area contributed by atoms with Crippen LogP contribution in [0.25, 0.3) is 82.8 Å². The Labute approximate surface area is 350 Å². The number of benzene rings is 10. The minimum atomic E-state index is 1.09. The minimum Gasteiger partial charge on any atom is -0.310 e. The lowest BCUT2D eigenvalue weighted by atomic mass is 9.92. The van der Waals surface area contributed by atoms with E-state index in [4.69, 9.17) is 0 Å². The first kappa shape index (κ1) is 35.2. The van der Waals surface area contributed by atoms with Gasteiger partial charge in [0.2, 0.25) is 0 Å². The van der Waals surface area contributed by atoms with Gasteiger partial charge < -0.3 is 9.47 Å². The Kier molecular flexibility index (Phi) is 8.87. The summed E-state index contributed by atoms with van der Waals surface area (Å²) in [5.74, 6) is 0. The van der Waals surface area contributed by atoms with Crippen LogP contribution in [0.5, 0.6) is 0 Å². The molecule has 0 amide bonds. The third kappa shape index (κ3) is 6.32. The highest BCUT2D eigenvalue weighted by Gasteiger charge is 2.20. The summed E-state index contributed by atoms with van der Waals surface area (Å²) in [7, 11) is 0. The predicted molar refractivity (Wildman–Crippen MR) is 255 cm³/mol. The Balaban J connectivity index is 1.07. The van der Waals surface area contributed by atoms with Crippen molar-refractivity contribution in [2.45, 2.75) is 0 Å². The van der Waals surface area contributed by atoms with Crippen molar-refractivity contribution in [2.24, 2.45) is 0 Å². The number of nitrogens with zero attached hydrogens (tertiary/aromatic N) is 2. The van der Waals surface area contributed by atoms with Crippen LogP contribution < -0.4 is 4.90 Å². The van der Waals surface area contributed by atoms with Gasteiger partial charge in [0.1, 0.15) is 0 Å². The zero-order chi connectivity index (χ0) is 39.8. The van der Waals surface area contributed by atoms with Crippen LogP contribution in [0, 0.1) is 0 Å². The molecule has 2 heteroatoms.